The van der Waals surface area contributed by atoms with Crippen molar-refractivity contribution >= 4 is 17.6 Å². The number of benzene rings is 1. The molecule has 0 aromatic heterocycles. The highest BCUT2D eigenvalue weighted by Crippen LogP contribution is 2.42. The van der Waals surface area contributed by atoms with Gasteiger partial charge in [-0.2, -0.15) is 0 Å². The second-order valence-corrected chi connectivity index (χ2v) is 6.01. The zero-order valence-electron chi connectivity index (χ0n) is 12.0. The topological polar surface area (TPSA) is 46.6 Å². The fraction of sp³-hybridized carbons (Fsp3) is 0.467. The molecule has 102 valence electrons. The van der Waals surface area contributed by atoms with Gasteiger partial charge in [0.2, 0.25) is 5.91 Å². The highest BCUT2D eigenvalue weighted by atomic mass is 16.6. The van der Waals surface area contributed by atoms with E-state index in [-0.39, 0.29) is 5.91 Å². The van der Waals surface area contributed by atoms with E-state index in [4.69, 9.17) is 4.74 Å². The molecule has 1 heterocycles. The third-order valence-corrected chi connectivity index (χ3v) is 3.34. The minimum Gasteiger partial charge on any atom is -0.459 e. The predicted molar refractivity (Wildman–Crippen MR) is 73.0 cm³/mol. The Bertz CT molecular complexity index is 545. The Kier molecular flexibility index (Phi) is 2.92. The maximum Gasteiger partial charge on any atom is 0.326 e. The second-order valence-electron chi connectivity index (χ2n) is 6.01. The first-order valence-corrected chi connectivity index (χ1v) is 6.29. The molecule has 0 unspecified atom stereocenters. The van der Waals surface area contributed by atoms with Crippen molar-refractivity contribution in [2.75, 3.05) is 11.9 Å². The van der Waals surface area contributed by atoms with Crippen LogP contribution >= 0.6 is 0 Å². The number of hydrogen-bond donors (Lipinski definition) is 0. The van der Waals surface area contributed by atoms with E-state index in [9.17, 15) is 9.59 Å². The first-order chi connectivity index (χ1) is 8.68. The molecule has 0 fully saturated rings. The molecule has 1 amide bonds. The lowest BCUT2D eigenvalue weighted by molar-refractivity contribution is -0.163. The lowest BCUT2D eigenvalue weighted by atomic mass is 9.83. The average molecular weight is 261 g/mol. The van der Waals surface area contributed by atoms with Gasteiger partial charge in [0.1, 0.15) is 5.60 Å². The maximum absolute atomic E-state index is 12.4. The van der Waals surface area contributed by atoms with Gasteiger partial charge in [0, 0.05) is 18.3 Å². The van der Waals surface area contributed by atoms with Gasteiger partial charge in [-0.05, 0) is 33.8 Å². The number of para-hydroxylation sites is 1. The van der Waals surface area contributed by atoms with Crippen LogP contribution < -0.4 is 4.90 Å². The van der Waals surface area contributed by atoms with E-state index in [1.54, 1.807) is 40.8 Å². The van der Waals surface area contributed by atoms with Gasteiger partial charge in [0.05, 0.1) is 0 Å². The Morgan fingerprint density at radius 3 is 2.42 bits per heavy atom. The van der Waals surface area contributed by atoms with Crippen LogP contribution in [0.1, 0.15) is 33.3 Å². The van der Waals surface area contributed by atoms with Crippen molar-refractivity contribution in [3.05, 3.63) is 29.8 Å². The molecule has 0 bridgehead atoms. The zero-order chi connectivity index (χ0) is 14.4. The molecule has 0 aliphatic carbocycles. The lowest BCUT2D eigenvalue weighted by Crippen LogP contribution is -2.46. The summed E-state index contributed by atoms with van der Waals surface area (Å²) in [4.78, 5) is 26.4. The number of amides is 1. The third kappa shape index (κ3) is 2.01. The van der Waals surface area contributed by atoms with Crippen molar-refractivity contribution in [3.63, 3.8) is 0 Å². The quantitative estimate of drug-likeness (QED) is 0.575. The van der Waals surface area contributed by atoms with Gasteiger partial charge < -0.3 is 9.64 Å². The smallest absolute Gasteiger partial charge is 0.326 e. The number of rotatable bonds is 1. The summed E-state index contributed by atoms with van der Waals surface area (Å²) in [5.74, 6) is -0.746. The van der Waals surface area contributed by atoms with Gasteiger partial charge in [-0.25, -0.2) is 0 Å². The largest absolute Gasteiger partial charge is 0.459 e. The van der Waals surface area contributed by atoms with Crippen LogP contribution in [0.3, 0.4) is 0 Å². The minimum atomic E-state index is -1.25. The number of carbonyl (C=O) groups excluding carboxylic acids is 2. The number of anilines is 1. The van der Waals surface area contributed by atoms with Crippen molar-refractivity contribution in [2.45, 2.75) is 38.7 Å². The summed E-state index contributed by atoms with van der Waals surface area (Å²) in [6.45, 7) is 7.02. The van der Waals surface area contributed by atoms with Gasteiger partial charge in [0.15, 0.2) is 5.41 Å². The zero-order valence-corrected chi connectivity index (χ0v) is 12.0. The van der Waals surface area contributed by atoms with Crippen molar-refractivity contribution in [1.82, 2.24) is 0 Å². The third-order valence-electron chi connectivity index (χ3n) is 3.34. The number of likely N-dealkylation sites (N-methyl/N-ethyl adjacent to an activating group) is 1. The Morgan fingerprint density at radius 2 is 1.84 bits per heavy atom. The molecule has 4 nitrogen and oxygen atoms in total. The Morgan fingerprint density at radius 1 is 1.26 bits per heavy atom. The highest BCUT2D eigenvalue weighted by molar-refractivity contribution is 6.19. The molecule has 0 saturated carbocycles. The van der Waals surface area contributed by atoms with Crippen molar-refractivity contribution in [1.29, 1.82) is 0 Å². The van der Waals surface area contributed by atoms with E-state index < -0.39 is 17.0 Å². The molecule has 1 aromatic rings. The molecule has 0 radical (unpaired) electrons. The molecule has 0 N–H and O–H groups in total. The molecule has 4 heteroatoms. The monoisotopic (exact) mass is 261 g/mol. The summed E-state index contributed by atoms with van der Waals surface area (Å²) in [7, 11) is 1.68. The van der Waals surface area contributed by atoms with Gasteiger partial charge in [0.25, 0.3) is 0 Å². The molecule has 19 heavy (non-hydrogen) atoms. The van der Waals surface area contributed by atoms with E-state index in [0.717, 1.165) is 5.69 Å². The standard InChI is InChI=1S/C15H19NO3/c1-14(2,3)19-13(18)15(4)10-8-6-7-9-11(10)16(5)12(15)17/h6-9H,1-5H3/t15-/m0/s1. The number of hydrogen-bond acceptors (Lipinski definition) is 3. The van der Waals surface area contributed by atoms with Crippen LogP contribution in [0.4, 0.5) is 5.69 Å². The SMILES string of the molecule is CN1C(=O)[C@@](C)(C(=O)OC(C)(C)C)c2ccccc21. The number of carbonyl (C=O) groups is 2. The van der Waals surface area contributed by atoms with Gasteiger partial charge in [-0.15, -0.1) is 0 Å². The second kappa shape index (κ2) is 4.08. The van der Waals surface area contributed by atoms with E-state index in [1.165, 1.54) is 4.90 Å². The van der Waals surface area contributed by atoms with Crippen molar-refractivity contribution in [2.24, 2.45) is 0 Å². The summed E-state index contributed by atoms with van der Waals surface area (Å²) in [5.41, 5.74) is -0.396. The highest BCUT2D eigenvalue weighted by Gasteiger charge is 2.53. The Hall–Kier alpha value is -1.84. The fourth-order valence-electron chi connectivity index (χ4n) is 2.33. The summed E-state index contributed by atoms with van der Waals surface area (Å²) in [6.07, 6.45) is 0. The molecular weight excluding hydrogens is 242 g/mol. The lowest BCUT2D eigenvalue weighted by Gasteiger charge is -2.27. The summed E-state index contributed by atoms with van der Waals surface area (Å²) in [6, 6.07) is 7.32. The average Bonchev–Trinajstić information content (AvgIpc) is 2.51. The maximum atomic E-state index is 12.4. The predicted octanol–water partition coefficient (Wildman–Crippen LogP) is 2.26. The number of esters is 1. The first kappa shape index (κ1) is 13.6. The first-order valence-electron chi connectivity index (χ1n) is 6.29. The fourth-order valence-corrected chi connectivity index (χ4v) is 2.33. The number of nitrogens with zero attached hydrogens (tertiary/aromatic N) is 1. The van der Waals surface area contributed by atoms with Crippen LogP contribution in [0.15, 0.2) is 24.3 Å². The molecule has 0 spiro atoms. The van der Waals surface area contributed by atoms with Crippen LogP contribution in [0.5, 0.6) is 0 Å². The number of fused-ring (bicyclic) bond motifs is 1. The van der Waals surface area contributed by atoms with Crippen LogP contribution in [0.25, 0.3) is 0 Å². The molecule has 2 rings (SSSR count). The van der Waals surface area contributed by atoms with E-state index in [2.05, 4.69) is 0 Å². The van der Waals surface area contributed by atoms with Gasteiger partial charge in [-0.1, -0.05) is 18.2 Å². The van der Waals surface area contributed by atoms with Crippen molar-refractivity contribution < 1.29 is 14.3 Å². The van der Waals surface area contributed by atoms with E-state index in [0.29, 0.717) is 5.56 Å². The van der Waals surface area contributed by atoms with Crippen LogP contribution in [0, 0.1) is 0 Å². The van der Waals surface area contributed by atoms with Crippen LogP contribution in [-0.2, 0) is 19.7 Å². The summed E-state index contributed by atoms with van der Waals surface area (Å²) >= 11 is 0. The molecule has 0 saturated heterocycles. The van der Waals surface area contributed by atoms with Crippen molar-refractivity contribution in [3.8, 4) is 0 Å². The van der Waals surface area contributed by atoms with Gasteiger partial charge in [-0.3, -0.25) is 9.59 Å². The summed E-state index contributed by atoms with van der Waals surface area (Å²) < 4.78 is 5.41. The molecule has 1 aliphatic heterocycles. The van der Waals surface area contributed by atoms with Gasteiger partial charge >= 0.3 is 5.97 Å². The summed E-state index contributed by atoms with van der Waals surface area (Å²) in [5, 5.41) is 0. The Balaban J connectivity index is 2.49. The Labute approximate surface area is 113 Å². The normalized spacial score (nSPS) is 22.4. The number of ether oxygens (including phenoxy) is 1. The van der Waals surface area contributed by atoms with E-state index in [1.807, 2.05) is 18.2 Å². The molecular formula is C15H19NO3. The van der Waals surface area contributed by atoms with Crippen LogP contribution in [0.2, 0.25) is 0 Å². The molecule has 1 aliphatic rings. The van der Waals surface area contributed by atoms with E-state index >= 15 is 0 Å². The van der Waals surface area contributed by atoms with Crippen LogP contribution in [-0.4, -0.2) is 24.5 Å². The minimum absolute atomic E-state index is 0.247. The molecule has 1 aromatic carbocycles. The molecule has 1 atom stereocenters.